The van der Waals surface area contributed by atoms with Crippen LogP contribution in [0.25, 0.3) is 22.3 Å². The van der Waals surface area contributed by atoms with Crippen molar-refractivity contribution in [1.29, 1.82) is 0 Å². The fourth-order valence-corrected chi connectivity index (χ4v) is 7.55. The van der Waals surface area contributed by atoms with E-state index in [1.807, 2.05) is 0 Å². The summed E-state index contributed by atoms with van der Waals surface area (Å²) in [4.78, 5) is 46.0. The van der Waals surface area contributed by atoms with Gasteiger partial charge in [-0.15, -0.1) is 0 Å². The van der Waals surface area contributed by atoms with Crippen molar-refractivity contribution in [2.45, 2.75) is 44.2 Å². The van der Waals surface area contributed by atoms with E-state index in [-0.39, 0.29) is 36.1 Å². The highest BCUT2D eigenvalue weighted by Gasteiger charge is 2.51. The first-order chi connectivity index (χ1) is 19.4. The highest BCUT2D eigenvalue weighted by molar-refractivity contribution is 8.44. The number of alkyl halides is 1. The van der Waals surface area contributed by atoms with Crippen molar-refractivity contribution in [1.82, 2.24) is 39.0 Å². The van der Waals surface area contributed by atoms with E-state index in [1.54, 1.807) is 4.57 Å². The number of nitrogen functional groups attached to an aromatic ring is 1. The van der Waals surface area contributed by atoms with Crippen molar-refractivity contribution >= 4 is 65.8 Å². The van der Waals surface area contributed by atoms with Crippen LogP contribution in [0.5, 0.6) is 0 Å². The van der Waals surface area contributed by atoms with Gasteiger partial charge in [-0.1, -0.05) is 12.2 Å². The van der Waals surface area contributed by atoms with Crippen molar-refractivity contribution in [3.05, 3.63) is 35.0 Å². The van der Waals surface area contributed by atoms with Crippen molar-refractivity contribution in [3.8, 4) is 0 Å². The van der Waals surface area contributed by atoms with E-state index >= 15 is 4.39 Å². The van der Waals surface area contributed by atoms with Gasteiger partial charge in [0, 0.05) is 6.54 Å². The van der Waals surface area contributed by atoms with Crippen LogP contribution >= 0.6 is 25.8 Å². The number of thiol groups is 1. The summed E-state index contributed by atoms with van der Waals surface area (Å²) in [7, 11) is 0. The van der Waals surface area contributed by atoms with E-state index in [4.69, 9.17) is 40.4 Å². The molecule has 0 spiro atoms. The molecule has 4 aromatic rings. The van der Waals surface area contributed by atoms with Gasteiger partial charge < -0.3 is 29.0 Å². The molecule has 4 aromatic heterocycles. The van der Waals surface area contributed by atoms with Crippen molar-refractivity contribution in [3.63, 3.8) is 0 Å². The largest absolute Gasteiger partial charge is 0.387 e. The standard InChI is InChI=1S/C19H22FN9O8P2S2/c1-8-14-25-9-4-22-6-23-15(9)28(14)2-3-33-38(31,40)34-5-10-11(20)13(37-39(32,41)36-8)18(35-10)29-7-24-12-16(29)26-19(21)27-17(12)30/h4,6-8,10-11,13,18H,2-3,5H2,1H3,(H,31,40)(H,32,41)(H3,21,26,27,30)/t8-,10-,11-,13-,18-,38?,39?/m1/s1. The van der Waals surface area contributed by atoms with Crippen LogP contribution in [0.4, 0.5) is 10.3 Å². The summed E-state index contributed by atoms with van der Waals surface area (Å²) in [6.45, 7) is -7.30. The van der Waals surface area contributed by atoms with Crippen LogP contribution in [0.2, 0.25) is 0 Å². The number of halogens is 1. The van der Waals surface area contributed by atoms with Crippen molar-refractivity contribution in [2.75, 3.05) is 18.9 Å². The Labute approximate surface area is 239 Å². The molecule has 1 fully saturated rings. The molecule has 7 atom stereocenters. The quantitative estimate of drug-likeness (QED) is 0.170. The van der Waals surface area contributed by atoms with Gasteiger partial charge in [0.15, 0.2) is 29.2 Å². The predicted octanol–water partition coefficient (Wildman–Crippen LogP) is 1.54. The van der Waals surface area contributed by atoms with Gasteiger partial charge in [0.05, 0.1) is 25.7 Å². The number of rotatable bonds is 1. The second-order valence-electron chi connectivity index (χ2n) is 9.02. The molecule has 41 heavy (non-hydrogen) atoms. The number of ether oxygens (including phenoxy) is 1. The Morgan fingerprint density at radius 3 is 2.88 bits per heavy atom. The fourth-order valence-electron chi connectivity index (χ4n) is 4.60. The minimum atomic E-state index is -4.35. The molecule has 4 N–H and O–H groups in total. The Bertz CT molecular complexity index is 1790. The lowest BCUT2D eigenvalue weighted by Gasteiger charge is -2.25. The molecule has 0 amide bonds. The normalized spacial score (nSPS) is 33.4. The van der Waals surface area contributed by atoms with E-state index in [0.29, 0.717) is 11.2 Å². The van der Waals surface area contributed by atoms with Crippen LogP contribution in [0.1, 0.15) is 25.1 Å². The summed E-state index contributed by atoms with van der Waals surface area (Å²) in [5, 5.41) is 0. The minimum absolute atomic E-state index is 0.0539. The maximum absolute atomic E-state index is 15.9. The molecule has 22 heteroatoms. The molecule has 1 saturated heterocycles. The van der Waals surface area contributed by atoms with Gasteiger partial charge in [-0.3, -0.25) is 23.4 Å². The lowest BCUT2D eigenvalue weighted by Crippen LogP contribution is -2.32. The highest BCUT2D eigenvalue weighted by Crippen LogP contribution is 2.59. The molecule has 2 aliphatic heterocycles. The lowest BCUT2D eigenvalue weighted by molar-refractivity contribution is -0.0458. The topological polar surface area (TPSA) is 217 Å². The Balaban J connectivity index is 1.40. The molecular weight excluding hydrogens is 627 g/mol. The first-order valence-corrected chi connectivity index (χ1v) is 17.2. The number of aromatic amines is 1. The molecule has 2 unspecified atom stereocenters. The van der Waals surface area contributed by atoms with Gasteiger partial charge in [-0.25, -0.2) is 28.9 Å². The summed E-state index contributed by atoms with van der Waals surface area (Å²) >= 11 is 9.21. The predicted molar refractivity (Wildman–Crippen MR) is 146 cm³/mol. The summed E-state index contributed by atoms with van der Waals surface area (Å²) in [6.07, 6.45) is -3.52. The van der Waals surface area contributed by atoms with Crippen LogP contribution in [-0.2, 0) is 45.7 Å². The molecule has 0 saturated carbocycles. The fraction of sp³-hybridized carbons (Fsp3) is 0.474. The van der Waals surface area contributed by atoms with Gasteiger partial charge in [0.1, 0.15) is 36.0 Å². The molecule has 2 aliphatic rings. The molecule has 6 heterocycles. The molecule has 220 valence electrons. The number of H-pyrrole nitrogens is 1. The summed E-state index contributed by atoms with van der Waals surface area (Å²) < 4.78 is 60.3. The Morgan fingerprint density at radius 1 is 1.27 bits per heavy atom. The first-order valence-electron chi connectivity index (χ1n) is 11.9. The number of imidazole rings is 2. The van der Waals surface area contributed by atoms with Crippen LogP contribution in [0.15, 0.2) is 23.6 Å². The number of nitrogens with zero attached hydrogens (tertiary/aromatic N) is 7. The number of anilines is 1. The maximum Gasteiger partial charge on any atom is 0.387 e. The summed E-state index contributed by atoms with van der Waals surface area (Å²) in [5.74, 6) is 0.0194. The van der Waals surface area contributed by atoms with Crippen LogP contribution in [0.3, 0.4) is 0 Å². The van der Waals surface area contributed by atoms with Crippen LogP contribution < -0.4 is 11.3 Å². The zero-order valence-corrected chi connectivity index (χ0v) is 24.4. The average Bonchev–Trinajstić information content (AvgIpc) is 3.56. The molecule has 0 aliphatic carbocycles. The number of aromatic nitrogens is 8. The SMILES string of the molecule is C[C@H]1OP(=O)(S)O[C@@H]2[C@H](F)[C@@H](COP(O)(=S)OCCn3c1nc1cncnc13)O[C@H]2n1cnc2c(=O)[nH]c(N)nc21. The Kier molecular flexibility index (Phi) is 7.51. The first kappa shape index (κ1) is 28.7. The van der Waals surface area contributed by atoms with Crippen molar-refractivity contribution < 1.29 is 36.7 Å². The third kappa shape index (κ3) is 5.56. The molecule has 0 radical (unpaired) electrons. The molecule has 6 rings (SSSR count). The molecule has 2 bridgehead atoms. The average molecular weight is 650 g/mol. The maximum atomic E-state index is 15.9. The van der Waals surface area contributed by atoms with Gasteiger partial charge in [0.25, 0.3) is 5.56 Å². The van der Waals surface area contributed by atoms with E-state index in [0.717, 1.165) is 6.33 Å². The number of nitrogens with one attached hydrogen (secondary N) is 1. The van der Waals surface area contributed by atoms with Crippen LogP contribution in [0, 0.1) is 0 Å². The smallest absolute Gasteiger partial charge is 0.369 e. The van der Waals surface area contributed by atoms with Gasteiger partial charge in [0.2, 0.25) is 5.95 Å². The third-order valence-corrected chi connectivity index (χ3v) is 9.58. The highest BCUT2D eigenvalue weighted by atomic mass is 32.7. The molecule has 17 nitrogen and oxygen atoms in total. The van der Waals surface area contributed by atoms with Crippen molar-refractivity contribution in [2.24, 2.45) is 0 Å². The molecular formula is C19H22FN9O8P2S2. The summed E-state index contributed by atoms with van der Waals surface area (Å²) in [5.41, 5.74) is 5.69. The Hall–Kier alpha value is -2.38. The van der Waals surface area contributed by atoms with Crippen LogP contribution in [-0.4, -0.2) is 75.5 Å². The minimum Gasteiger partial charge on any atom is -0.369 e. The monoisotopic (exact) mass is 649 g/mol. The van der Waals surface area contributed by atoms with E-state index in [1.165, 1.54) is 24.0 Å². The second-order valence-corrected chi connectivity index (χ2v) is 14.7. The van der Waals surface area contributed by atoms with E-state index in [9.17, 15) is 14.3 Å². The zero-order chi connectivity index (χ0) is 29.1. The number of nitrogens with two attached hydrogens (primary N) is 1. The van der Waals surface area contributed by atoms with Gasteiger partial charge >= 0.3 is 13.5 Å². The third-order valence-electron chi connectivity index (χ3n) is 6.31. The van der Waals surface area contributed by atoms with Gasteiger partial charge in [-0.05, 0) is 18.7 Å². The van der Waals surface area contributed by atoms with E-state index < -0.39 is 56.4 Å². The Morgan fingerprint density at radius 2 is 2.07 bits per heavy atom. The zero-order valence-electron chi connectivity index (χ0n) is 20.9. The number of hydrogen-bond donors (Lipinski definition) is 4. The van der Waals surface area contributed by atoms with E-state index in [2.05, 4.69) is 42.2 Å². The lowest BCUT2D eigenvalue weighted by atomic mass is 10.1. The van der Waals surface area contributed by atoms with Gasteiger partial charge in [-0.2, -0.15) is 4.98 Å². The second kappa shape index (κ2) is 10.7. The molecule has 0 aromatic carbocycles. The summed E-state index contributed by atoms with van der Waals surface area (Å²) in [6, 6.07) is 0. The number of hydrogen-bond acceptors (Lipinski definition) is 14. The number of fused-ring (bicyclic) bond motifs is 6.